The predicted molar refractivity (Wildman–Crippen MR) is 331 cm³/mol. The summed E-state index contributed by atoms with van der Waals surface area (Å²) >= 11 is 0. The van der Waals surface area contributed by atoms with Gasteiger partial charge in [0.1, 0.15) is 72.3 Å². The molecule has 30 nitrogen and oxygen atoms in total. The lowest BCUT2D eigenvalue weighted by Gasteiger charge is -2.28. The molecule has 0 spiro atoms. The van der Waals surface area contributed by atoms with Crippen LogP contribution in [0.1, 0.15) is 90.8 Å². The van der Waals surface area contributed by atoms with Crippen molar-refractivity contribution in [3.8, 4) is 5.75 Å². The number of nitrogens with one attached hydrogen (secondary N) is 11. The Hall–Kier alpha value is -9.52. The summed E-state index contributed by atoms with van der Waals surface area (Å²) in [5.74, 6) is -12.9. The van der Waals surface area contributed by atoms with E-state index in [0.717, 1.165) is 0 Å². The number of phenols is 1. The third kappa shape index (κ3) is 24.0. The van der Waals surface area contributed by atoms with Crippen LogP contribution in [0, 0.1) is 11.8 Å². The molecule has 4 rings (SSSR count). The van der Waals surface area contributed by atoms with Gasteiger partial charge in [0, 0.05) is 42.8 Å². The molecule has 0 saturated heterocycles. The first-order valence-electron chi connectivity index (χ1n) is 30.0. The van der Waals surface area contributed by atoms with Crippen LogP contribution in [0.3, 0.4) is 0 Å². The van der Waals surface area contributed by atoms with E-state index in [2.05, 4.69) is 63.9 Å². The van der Waals surface area contributed by atoms with E-state index >= 15 is 0 Å². The van der Waals surface area contributed by atoms with Gasteiger partial charge in [0.05, 0.1) is 13.2 Å². The third-order valence-electron chi connectivity index (χ3n) is 14.7. The summed E-state index contributed by atoms with van der Waals surface area (Å²) in [6.07, 6.45) is -1.55. The molecule has 0 fully saturated rings. The molecule has 20 N–H and O–H groups in total. The second kappa shape index (κ2) is 36.4. The van der Waals surface area contributed by atoms with Crippen LogP contribution in [-0.2, 0) is 76.8 Å². The number of quaternary nitrogens is 1. The van der Waals surface area contributed by atoms with Crippen molar-refractivity contribution >= 4 is 81.9 Å². The van der Waals surface area contributed by atoms with Crippen LogP contribution in [0.15, 0.2) is 85.1 Å². The number of fused-ring (bicyclic) bond motifs is 1. The van der Waals surface area contributed by atoms with E-state index in [0.29, 0.717) is 27.6 Å². The van der Waals surface area contributed by atoms with Crippen molar-refractivity contribution in [2.24, 2.45) is 11.8 Å². The topological polar surface area (TPSA) is 490 Å². The third-order valence-corrected chi connectivity index (χ3v) is 14.7. The van der Waals surface area contributed by atoms with Crippen LogP contribution in [-0.4, -0.2) is 192 Å². The van der Waals surface area contributed by atoms with Gasteiger partial charge in [0.15, 0.2) is 6.04 Å². The number of aliphatic hydroxyl groups excluding tert-OH is 3. The Kier molecular flexibility index (Phi) is 29.6. The average Bonchev–Trinajstić information content (AvgIpc) is 1.82. The number of benzene rings is 3. The van der Waals surface area contributed by atoms with E-state index in [1.54, 1.807) is 88.5 Å². The van der Waals surface area contributed by atoms with E-state index in [1.165, 1.54) is 45.0 Å². The van der Waals surface area contributed by atoms with Gasteiger partial charge in [-0.15, -0.1) is 0 Å². The number of carboxylic acid groups (broad SMARTS) is 2. The second-order valence-corrected chi connectivity index (χ2v) is 23.3. The van der Waals surface area contributed by atoms with Crippen molar-refractivity contribution in [2.75, 3.05) is 13.2 Å². The Balaban J connectivity index is 1.63. The number of aliphatic hydroxyl groups is 3. The summed E-state index contributed by atoms with van der Waals surface area (Å²) in [6.45, 7) is 9.01. The molecule has 1 heterocycles. The number of amides is 10. The molecule has 1 aromatic heterocycles. The van der Waals surface area contributed by atoms with Gasteiger partial charge in [-0.1, -0.05) is 88.4 Å². The maximum Gasteiger partial charge on any atom is 0.328 e. The van der Waals surface area contributed by atoms with Gasteiger partial charge in [-0.3, -0.25) is 52.7 Å². The number of para-hydroxylation sites is 1. The molecule has 30 heteroatoms. The molecule has 12 atom stereocenters. The monoisotopic (exact) mass is 1290 g/mol. The molecule has 0 aliphatic rings. The lowest BCUT2D eigenvalue weighted by Crippen LogP contribution is -2.73. The molecule has 3 aromatic carbocycles. The molecule has 0 unspecified atom stereocenters. The Labute approximate surface area is 530 Å². The first-order valence-corrected chi connectivity index (χ1v) is 30.0. The number of carbonyl (C=O) groups excluding carboxylic acids is 10. The zero-order valence-electron chi connectivity index (χ0n) is 52.3. The molecular formula is C62H87N12O18+. The van der Waals surface area contributed by atoms with Crippen LogP contribution in [0.4, 0.5) is 0 Å². The first-order chi connectivity index (χ1) is 43.4. The largest absolute Gasteiger partial charge is 0.508 e. The van der Waals surface area contributed by atoms with Gasteiger partial charge in [-0.25, -0.2) is 4.79 Å². The van der Waals surface area contributed by atoms with Gasteiger partial charge >= 0.3 is 11.9 Å². The number of H-pyrrole nitrogens is 1. The fourth-order valence-electron chi connectivity index (χ4n) is 9.40. The minimum atomic E-state index is -1.72. The summed E-state index contributed by atoms with van der Waals surface area (Å²) in [6, 6.07) is 4.44. The number of carbonyl (C=O) groups is 12. The highest BCUT2D eigenvalue weighted by Gasteiger charge is 2.37. The Bertz CT molecular complexity index is 3200. The molecule has 4 aromatic rings. The SMILES string of the molecule is CC(C)C[C@H](NC(=O)[C@H](C)NC(=O)[C@H](Cc1c[nH]c2ccccc12)NC(=O)[C@H](Cc1ccc(O)cc1)NC(=O)[C@H](CCC(=O)O)NC(=O)[C@H](C)NC(=O)[C@H](Cc1ccccc1)NC(=O)[C@H](CO)NC(=O)[C@@H]([NH3+])[C@@H](C)O)C(=O)N[C@@H](CC(C)C)C(=O)N[C@@H](CO)C(=O)O. The molecule has 0 radical (unpaired) electrons. The van der Waals surface area contributed by atoms with Crippen molar-refractivity contribution in [3.63, 3.8) is 0 Å². The minimum Gasteiger partial charge on any atom is -0.508 e. The first kappa shape index (κ1) is 74.9. The van der Waals surface area contributed by atoms with Gasteiger partial charge in [0.2, 0.25) is 53.2 Å². The molecule has 10 amide bonds. The Morgan fingerprint density at radius 1 is 0.446 bits per heavy atom. The second-order valence-electron chi connectivity index (χ2n) is 23.3. The number of aromatic amines is 1. The van der Waals surface area contributed by atoms with Crippen LogP contribution >= 0.6 is 0 Å². The summed E-state index contributed by atoms with van der Waals surface area (Å²) in [5, 5.41) is 84.2. The van der Waals surface area contributed by atoms with Crippen molar-refractivity contribution < 1.29 is 93.9 Å². The normalized spacial score (nSPS) is 15.2. The van der Waals surface area contributed by atoms with Crippen molar-refractivity contribution in [2.45, 2.75) is 166 Å². The number of phenolic OH excluding ortho intramolecular Hbond substituents is 1. The number of aromatic hydroxyl groups is 1. The minimum absolute atomic E-state index is 0.0335. The van der Waals surface area contributed by atoms with Crippen LogP contribution in [0.5, 0.6) is 5.75 Å². The van der Waals surface area contributed by atoms with E-state index in [-0.39, 0.29) is 49.7 Å². The van der Waals surface area contributed by atoms with E-state index < -0.39 is 170 Å². The highest BCUT2D eigenvalue weighted by Crippen LogP contribution is 2.20. The predicted octanol–water partition coefficient (Wildman–Crippen LogP) is -3.19. The molecule has 0 saturated carbocycles. The Morgan fingerprint density at radius 2 is 0.837 bits per heavy atom. The molecule has 502 valence electrons. The summed E-state index contributed by atoms with van der Waals surface area (Å²) < 4.78 is 0. The summed E-state index contributed by atoms with van der Waals surface area (Å²) in [5.41, 5.74) is 5.62. The lowest BCUT2D eigenvalue weighted by molar-refractivity contribution is -0.419. The number of hydrogen-bond acceptors (Lipinski definition) is 16. The number of aromatic nitrogens is 1. The van der Waals surface area contributed by atoms with Gasteiger partial charge < -0.3 is 94.5 Å². The smallest absolute Gasteiger partial charge is 0.328 e. The van der Waals surface area contributed by atoms with Crippen molar-refractivity contribution in [1.82, 2.24) is 58.2 Å². The maximum atomic E-state index is 14.8. The fourth-order valence-corrected chi connectivity index (χ4v) is 9.40. The number of hydrogen-bond donors (Lipinski definition) is 18. The molecule has 0 bridgehead atoms. The average molecular weight is 1290 g/mol. The molecule has 92 heavy (non-hydrogen) atoms. The van der Waals surface area contributed by atoms with Crippen LogP contribution in [0.2, 0.25) is 0 Å². The van der Waals surface area contributed by atoms with E-state index in [4.69, 9.17) is 0 Å². The Morgan fingerprint density at radius 3 is 1.32 bits per heavy atom. The molecular weight excluding hydrogens is 1200 g/mol. The summed E-state index contributed by atoms with van der Waals surface area (Å²) in [7, 11) is 0. The van der Waals surface area contributed by atoms with E-state index in [9.17, 15) is 88.2 Å². The lowest BCUT2D eigenvalue weighted by atomic mass is 9.99. The van der Waals surface area contributed by atoms with Crippen LogP contribution in [0.25, 0.3) is 10.9 Å². The zero-order chi connectivity index (χ0) is 68.5. The van der Waals surface area contributed by atoms with Crippen molar-refractivity contribution in [3.05, 3.63) is 102 Å². The highest BCUT2D eigenvalue weighted by atomic mass is 16.4. The number of aliphatic carboxylic acids is 2. The standard InChI is InChI=1S/C62H86N12O18/c1-31(2)23-43(57(86)69-44(24-32(3)4)58(87)74-49(30-76)62(91)92)68-53(82)34(6)66-56(85)47(27-38-28-64-41-16-12-11-15-40(38)41)72-59(88)46(26-37-17-19-39(78)20-18-37)70-54(83)42(21-22-50(79)80)67-52(81)33(5)65-55(84)45(25-36-13-9-8-10-14-36)71-60(89)48(29-75)73-61(90)51(63)35(7)77/h8-20,28,31-35,42-49,51,64,75-78H,21-27,29-30,63H2,1-7H3,(H,65,84)(H,66,85)(H,67,81)(H,68,82)(H,69,86)(H,70,83)(H,71,89)(H,72,88)(H,73,90)(H,74,87)(H,79,80)(H,91,92)/p+1/t33-,34-,35+,42-,43-,44-,45-,46-,47-,48-,49-,51-/m0/s1. The number of rotatable bonds is 37. The van der Waals surface area contributed by atoms with E-state index in [1.807, 2.05) is 0 Å². The van der Waals surface area contributed by atoms with Gasteiger partial charge in [-0.05, 0) is 86.8 Å². The fraction of sp³-hybridized carbons (Fsp3) is 0.484. The van der Waals surface area contributed by atoms with Crippen LogP contribution < -0.4 is 58.9 Å². The summed E-state index contributed by atoms with van der Waals surface area (Å²) in [4.78, 5) is 166. The quantitative estimate of drug-likeness (QED) is 0.0212. The zero-order valence-corrected chi connectivity index (χ0v) is 52.3. The highest BCUT2D eigenvalue weighted by molar-refractivity contribution is 5.99. The van der Waals surface area contributed by atoms with Gasteiger partial charge in [0.25, 0.3) is 5.91 Å². The van der Waals surface area contributed by atoms with Gasteiger partial charge in [-0.2, -0.15) is 0 Å². The number of carboxylic acids is 2. The molecule has 0 aliphatic carbocycles. The maximum absolute atomic E-state index is 14.8. The van der Waals surface area contributed by atoms with Crippen molar-refractivity contribution in [1.29, 1.82) is 0 Å². The molecule has 0 aliphatic heterocycles.